The normalized spacial score (nSPS) is 14.3. The molecule has 2 heterocycles. The van der Waals surface area contributed by atoms with Crippen molar-refractivity contribution < 1.29 is 19.1 Å². The summed E-state index contributed by atoms with van der Waals surface area (Å²) in [5.41, 5.74) is 1.50. The minimum absolute atomic E-state index is 0.114. The zero-order chi connectivity index (χ0) is 16.5. The smallest absolute Gasteiger partial charge is 0.251 e. The third kappa shape index (κ3) is 2.92. The van der Waals surface area contributed by atoms with Gasteiger partial charge < -0.3 is 20.1 Å². The highest BCUT2D eigenvalue weighted by Crippen LogP contribution is 2.32. The number of nitrogens with zero attached hydrogens (tertiary/aromatic N) is 1. The molecule has 1 aliphatic carbocycles. The molecule has 124 valence electrons. The lowest BCUT2D eigenvalue weighted by Crippen LogP contribution is -2.32. The van der Waals surface area contributed by atoms with Crippen LogP contribution in [0.25, 0.3) is 0 Å². The molecule has 0 unspecified atom stereocenters. The maximum atomic E-state index is 12.1. The lowest BCUT2D eigenvalue weighted by Gasteiger charge is -2.06. The first-order chi connectivity index (χ1) is 11.7. The Balaban J connectivity index is 1.32. The van der Waals surface area contributed by atoms with Crippen molar-refractivity contribution in [3.05, 3.63) is 34.3 Å². The fraction of sp³-hybridized carbons (Fsp3) is 0.312. The van der Waals surface area contributed by atoms with Gasteiger partial charge in [-0.25, -0.2) is 4.98 Å². The molecule has 0 saturated carbocycles. The number of rotatable bonds is 4. The number of fused-ring (bicyclic) bond motifs is 2. The number of carbonyl (C=O) groups is 2. The van der Waals surface area contributed by atoms with Crippen LogP contribution < -0.4 is 20.1 Å². The zero-order valence-corrected chi connectivity index (χ0v) is 13.6. The number of benzene rings is 1. The van der Waals surface area contributed by atoms with Crippen molar-refractivity contribution in [3.8, 4) is 11.5 Å². The number of amides is 2. The maximum Gasteiger partial charge on any atom is 0.251 e. The predicted molar refractivity (Wildman–Crippen MR) is 87.7 cm³/mol. The molecule has 0 bridgehead atoms. The number of hydrogen-bond acceptors (Lipinski definition) is 6. The van der Waals surface area contributed by atoms with E-state index in [0.29, 0.717) is 22.2 Å². The number of hydrogen-bond donors (Lipinski definition) is 2. The molecule has 4 rings (SSSR count). The Bertz CT molecular complexity index is 796. The summed E-state index contributed by atoms with van der Waals surface area (Å²) in [6.45, 7) is 0.0398. The van der Waals surface area contributed by atoms with Crippen molar-refractivity contribution in [3.63, 3.8) is 0 Å². The van der Waals surface area contributed by atoms with Gasteiger partial charge in [-0.15, -0.1) is 11.3 Å². The molecule has 0 spiro atoms. The Kier molecular flexibility index (Phi) is 3.81. The molecule has 2 amide bonds. The van der Waals surface area contributed by atoms with Crippen LogP contribution in [0.4, 0.5) is 5.13 Å². The maximum absolute atomic E-state index is 12.1. The van der Waals surface area contributed by atoms with Crippen LogP contribution in [-0.4, -0.2) is 30.1 Å². The molecule has 1 aromatic heterocycles. The summed E-state index contributed by atoms with van der Waals surface area (Å²) in [5.74, 6) is 0.507. The number of anilines is 1. The van der Waals surface area contributed by atoms with Gasteiger partial charge in [0, 0.05) is 10.4 Å². The highest BCUT2D eigenvalue weighted by atomic mass is 32.1. The monoisotopic (exact) mass is 345 g/mol. The van der Waals surface area contributed by atoms with Crippen molar-refractivity contribution in [1.29, 1.82) is 0 Å². The van der Waals surface area contributed by atoms with E-state index in [-0.39, 0.29) is 25.2 Å². The van der Waals surface area contributed by atoms with Gasteiger partial charge in [-0.3, -0.25) is 9.59 Å². The van der Waals surface area contributed by atoms with Crippen molar-refractivity contribution in [2.45, 2.75) is 19.3 Å². The zero-order valence-electron chi connectivity index (χ0n) is 12.8. The van der Waals surface area contributed by atoms with Crippen molar-refractivity contribution >= 4 is 28.3 Å². The van der Waals surface area contributed by atoms with E-state index in [1.807, 2.05) is 0 Å². The lowest BCUT2D eigenvalue weighted by molar-refractivity contribution is -0.115. The van der Waals surface area contributed by atoms with Crippen LogP contribution in [-0.2, 0) is 17.6 Å². The fourth-order valence-electron chi connectivity index (χ4n) is 2.71. The topological polar surface area (TPSA) is 89.6 Å². The first-order valence-corrected chi connectivity index (χ1v) is 8.47. The van der Waals surface area contributed by atoms with Crippen LogP contribution in [0.1, 0.15) is 27.3 Å². The van der Waals surface area contributed by atoms with E-state index in [4.69, 9.17) is 9.47 Å². The number of nitrogens with one attached hydrogen (secondary N) is 2. The summed E-state index contributed by atoms with van der Waals surface area (Å²) in [6, 6.07) is 4.90. The molecule has 24 heavy (non-hydrogen) atoms. The van der Waals surface area contributed by atoms with Gasteiger partial charge in [0.1, 0.15) is 0 Å². The number of ether oxygens (including phenoxy) is 2. The average molecular weight is 345 g/mol. The van der Waals surface area contributed by atoms with Gasteiger partial charge >= 0.3 is 0 Å². The molecule has 0 fully saturated rings. The molecule has 1 aliphatic heterocycles. The predicted octanol–water partition coefficient (Wildman–Crippen LogP) is 1.73. The van der Waals surface area contributed by atoms with Gasteiger partial charge in [0.15, 0.2) is 16.6 Å². The minimum Gasteiger partial charge on any atom is -0.454 e. The van der Waals surface area contributed by atoms with Crippen molar-refractivity contribution in [2.24, 2.45) is 0 Å². The quantitative estimate of drug-likeness (QED) is 0.881. The molecule has 0 saturated heterocycles. The first kappa shape index (κ1) is 14.9. The molecule has 2 aromatic rings. The molecule has 0 atom stereocenters. The highest BCUT2D eigenvalue weighted by molar-refractivity contribution is 7.15. The van der Waals surface area contributed by atoms with E-state index >= 15 is 0 Å². The van der Waals surface area contributed by atoms with Crippen LogP contribution in [0.3, 0.4) is 0 Å². The summed E-state index contributed by atoms with van der Waals surface area (Å²) < 4.78 is 10.4. The van der Waals surface area contributed by atoms with Gasteiger partial charge in [-0.1, -0.05) is 0 Å². The average Bonchev–Trinajstić information content (AvgIpc) is 3.27. The van der Waals surface area contributed by atoms with Gasteiger partial charge in [-0.05, 0) is 37.5 Å². The number of aryl methyl sites for hydroxylation is 2. The Morgan fingerprint density at radius 2 is 2.08 bits per heavy atom. The van der Waals surface area contributed by atoms with Gasteiger partial charge in [0.05, 0.1) is 12.2 Å². The van der Waals surface area contributed by atoms with Crippen LogP contribution in [0.15, 0.2) is 18.2 Å². The van der Waals surface area contributed by atoms with Gasteiger partial charge in [0.2, 0.25) is 12.7 Å². The first-order valence-electron chi connectivity index (χ1n) is 7.65. The minimum atomic E-state index is -0.343. The molecule has 0 radical (unpaired) electrons. The summed E-state index contributed by atoms with van der Waals surface area (Å²) in [7, 11) is 0. The summed E-state index contributed by atoms with van der Waals surface area (Å²) >= 11 is 1.51. The third-order valence-corrected chi connectivity index (χ3v) is 4.96. The second kappa shape index (κ2) is 6.12. The standard InChI is InChI=1S/C16H15N3O4S/c20-14(19-16-18-10-2-1-3-13(10)24-16)7-17-15(21)9-4-5-11-12(6-9)23-8-22-11/h4-6H,1-3,7-8H2,(H,17,21)(H,18,19,20). The number of thiazole rings is 1. The van der Waals surface area contributed by atoms with Crippen molar-refractivity contribution in [2.75, 3.05) is 18.7 Å². The number of aromatic nitrogens is 1. The molecular formula is C16H15N3O4S. The molecule has 2 N–H and O–H groups in total. The van der Waals surface area contributed by atoms with E-state index in [2.05, 4.69) is 15.6 Å². The van der Waals surface area contributed by atoms with Crippen molar-refractivity contribution in [1.82, 2.24) is 10.3 Å². The number of carbonyl (C=O) groups excluding carboxylic acids is 2. The lowest BCUT2D eigenvalue weighted by atomic mass is 10.2. The molecule has 7 nitrogen and oxygen atoms in total. The Morgan fingerprint density at radius 3 is 2.96 bits per heavy atom. The van der Waals surface area contributed by atoms with Gasteiger partial charge in [0.25, 0.3) is 5.91 Å². The second-order valence-electron chi connectivity index (χ2n) is 5.54. The molecule has 1 aromatic carbocycles. The fourth-order valence-corrected chi connectivity index (χ4v) is 3.77. The van der Waals surface area contributed by atoms with E-state index in [1.165, 1.54) is 16.2 Å². The van der Waals surface area contributed by atoms with Gasteiger partial charge in [-0.2, -0.15) is 0 Å². The van der Waals surface area contributed by atoms with Crippen LogP contribution in [0.2, 0.25) is 0 Å². The highest BCUT2D eigenvalue weighted by Gasteiger charge is 2.19. The summed E-state index contributed by atoms with van der Waals surface area (Å²) in [5, 5.41) is 5.92. The molecule has 8 heteroatoms. The van der Waals surface area contributed by atoms with Crippen LogP contribution in [0, 0.1) is 0 Å². The SMILES string of the molecule is O=C(CNC(=O)c1ccc2c(c1)OCO2)Nc1nc2c(s1)CCC2. The molecular weight excluding hydrogens is 330 g/mol. The Morgan fingerprint density at radius 1 is 1.21 bits per heavy atom. The summed E-state index contributed by atoms with van der Waals surface area (Å²) in [4.78, 5) is 29.7. The van der Waals surface area contributed by atoms with E-state index in [0.717, 1.165) is 25.0 Å². The largest absolute Gasteiger partial charge is 0.454 e. The van der Waals surface area contributed by atoms with E-state index in [1.54, 1.807) is 18.2 Å². The molecule has 2 aliphatic rings. The van der Waals surface area contributed by atoms with E-state index in [9.17, 15) is 9.59 Å². The Labute approximate surface area is 142 Å². The Hall–Kier alpha value is -2.61. The summed E-state index contributed by atoms with van der Waals surface area (Å²) in [6.07, 6.45) is 3.14. The van der Waals surface area contributed by atoms with Crippen LogP contribution >= 0.6 is 11.3 Å². The second-order valence-corrected chi connectivity index (χ2v) is 6.62. The van der Waals surface area contributed by atoms with Crippen LogP contribution in [0.5, 0.6) is 11.5 Å². The third-order valence-electron chi connectivity index (χ3n) is 3.89. The van der Waals surface area contributed by atoms with E-state index < -0.39 is 0 Å².